The number of hydrogen-bond acceptors (Lipinski definition) is 5. The quantitative estimate of drug-likeness (QED) is 0.841. The van der Waals surface area contributed by atoms with Crippen molar-refractivity contribution in [2.75, 3.05) is 14.2 Å². The normalized spacial score (nSPS) is 26.0. The lowest BCUT2D eigenvalue weighted by Crippen LogP contribution is -2.51. The molecule has 25 heavy (non-hydrogen) atoms. The maximum atomic E-state index is 12.9. The van der Waals surface area contributed by atoms with Crippen molar-refractivity contribution in [1.82, 2.24) is 4.90 Å². The molecule has 0 unspecified atom stereocenters. The fraction of sp³-hybridized carbons (Fsp3) is 0.579. The summed E-state index contributed by atoms with van der Waals surface area (Å²) in [6.07, 6.45) is 3.13. The van der Waals surface area contributed by atoms with Gasteiger partial charge in [-0.3, -0.25) is 4.79 Å². The van der Waals surface area contributed by atoms with Gasteiger partial charge in [0.2, 0.25) is 6.10 Å². The van der Waals surface area contributed by atoms with Gasteiger partial charge in [-0.05, 0) is 51.3 Å². The summed E-state index contributed by atoms with van der Waals surface area (Å²) in [5.74, 6) is 1.43. The fourth-order valence-corrected chi connectivity index (χ4v) is 3.73. The van der Waals surface area contributed by atoms with Gasteiger partial charge in [-0.15, -0.1) is 0 Å². The third-order valence-corrected chi connectivity index (χ3v) is 5.11. The Bertz CT molecular complexity index is 663. The van der Waals surface area contributed by atoms with Gasteiger partial charge in [-0.25, -0.2) is 0 Å². The van der Waals surface area contributed by atoms with Crippen LogP contribution in [-0.2, 0) is 9.63 Å². The Labute approximate surface area is 148 Å². The van der Waals surface area contributed by atoms with Gasteiger partial charge in [-0.1, -0.05) is 5.16 Å². The Morgan fingerprint density at radius 1 is 1.20 bits per heavy atom. The van der Waals surface area contributed by atoms with Crippen LogP contribution in [0.3, 0.4) is 0 Å². The monoisotopic (exact) mass is 346 g/mol. The number of methoxy groups -OCH3 is 2. The Hall–Kier alpha value is -2.24. The van der Waals surface area contributed by atoms with E-state index >= 15 is 0 Å². The maximum absolute atomic E-state index is 12.9. The highest BCUT2D eigenvalue weighted by Gasteiger charge is 2.38. The van der Waals surface area contributed by atoms with Gasteiger partial charge >= 0.3 is 0 Å². The molecule has 0 aliphatic carbocycles. The van der Waals surface area contributed by atoms with Crippen LogP contribution in [0.25, 0.3) is 0 Å². The van der Waals surface area contributed by atoms with Crippen LogP contribution in [0.1, 0.15) is 45.1 Å². The lowest BCUT2D eigenvalue weighted by molar-refractivity contribution is -0.148. The van der Waals surface area contributed by atoms with Crippen LogP contribution in [0.5, 0.6) is 11.5 Å². The van der Waals surface area contributed by atoms with Crippen molar-refractivity contribution < 1.29 is 19.1 Å². The standard InChI is InChI=1S/C19H26N2O4/c1-12-6-5-7-13(2)21(12)19(22)18-11-16(20-25-18)15-10-14(23-3)8-9-17(15)24-4/h8-10,12-13,18H,5-7,11H2,1-4H3/t12-,13+,18-/m0/s1. The zero-order valence-corrected chi connectivity index (χ0v) is 15.3. The first-order chi connectivity index (χ1) is 12.0. The van der Waals surface area contributed by atoms with Crippen LogP contribution in [-0.4, -0.2) is 48.9 Å². The Kier molecular flexibility index (Phi) is 5.16. The molecule has 0 aromatic heterocycles. The van der Waals surface area contributed by atoms with Crippen molar-refractivity contribution >= 4 is 11.6 Å². The predicted octanol–water partition coefficient (Wildman–Crippen LogP) is 2.99. The van der Waals surface area contributed by atoms with E-state index < -0.39 is 6.10 Å². The summed E-state index contributed by atoms with van der Waals surface area (Å²) >= 11 is 0. The molecule has 3 atom stereocenters. The maximum Gasteiger partial charge on any atom is 0.267 e. The average molecular weight is 346 g/mol. The van der Waals surface area contributed by atoms with E-state index in [1.54, 1.807) is 14.2 Å². The van der Waals surface area contributed by atoms with Crippen molar-refractivity contribution in [3.05, 3.63) is 23.8 Å². The topological polar surface area (TPSA) is 60.4 Å². The lowest BCUT2D eigenvalue weighted by atomic mass is 9.95. The number of likely N-dealkylation sites (tertiary alicyclic amines) is 1. The molecule has 2 aliphatic rings. The second-order valence-electron chi connectivity index (χ2n) is 6.78. The second-order valence-corrected chi connectivity index (χ2v) is 6.78. The van der Waals surface area contributed by atoms with E-state index in [1.165, 1.54) is 6.42 Å². The molecular weight excluding hydrogens is 320 g/mol. The third-order valence-electron chi connectivity index (χ3n) is 5.11. The molecule has 0 radical (unpaired) electrons. The molecule has 1 amide bonds. The minimum absolute atomic E-state index is 0.0281. The first-order valence-corrected chi connectivity index (χ1v) is 8.82. The van der Waals surface area contributed by atoms with Crippen LogP contribution in [0.4, 0.5) is 0 Å². The van der Waals surface area contributed by atoms with Crippen molar-refractivity contribution in [2.24, 2.45) is 5.16 Å². The fourth-order valence-electron chi connectivity index (χ4n) is 3.73. The van der Waals surface area contributed by atoms with Crippen molar-refractivity contribution in [3.8, 4) is 11.5 Å². The van der Waals surface area contributed by atoms with Crippen LogP contribution in [0, 0.1) is 0 Å². The Balaban J connectivity index is 1.76. The van der Waals surface area contributed by atoms with Gasteiger partial charge in [0.05, 0.1) is 19.9 Å². The molecule has 0 N–H and O–H groups in total. The number of oxime groups is 1. The van der Waals surface area contributed by atoms with Gasteiger partial charge in [0.25, 0.3) is 5.91 Å². The van der Waals surface area contributed by atoms with Gasteiger partial charge in [-0.2, -0.15) is 0 Å². The molecule has 1 saturated heterocycles. The minimum atomic E-state index is -0.561. The molecule has 2 heterocycles. The highest BCUT2D eigenvalue weighted by molar-refractivity contribution is 6.06. The summed E-state index contributed by atoms with van der Waals surface area (Å²) in [7, 11) is 3.23. The molecule has 0 saturated carbocycles. The van der Waals surface area contributed by atoms with Crippen LogP contribution in [0.2, 0.25) is 0 Å². The molecular formula is C19H26N2O4. The Morgan fingerprint density at radius 2 is 1.92 bits per heavy atom. The molecule has 0 bridgehead atoms. The predicted molar refractivity (Wildman–Crippen MR) is 95.2 cm³/mol. The van der Waals surface area contributed by atoms with Crippen LogP contribution < -0.4 is 9.47 Å². The average Bonchev–Trinajstić information content (AvgIpc) is 3.10. The number of piperidine rings is 1. The van der Waals surface area contributed by atoms with E-state index in [2.05, 4.69) is 19.0 Å². The molecule has 1 fully saturated rings. The minimum Gasteiger partial charge on any atom is -0.497 e. The summed E-state index contributed by atoms with van der Waals surface area (Å²) in [5.41, 5.74) is 1.52. The van der Waals surface area contributed by atoms with Crippen molar-refractivity contribution in [1.29, 1.82) is 0 Å². The van der Waals surface area contributed by atoms with E-state index in [9.17, 15) is 4.79 Å². The SMILES string of the molecule is COc1ccc(OC)c(C2=NO[C@H](C(=O)N3[C@H](C)CCC[C@@H]3C)C2)c1. The molecule has 0 spiro atoms. The van der Waals surface area contributed by atoms with Gasteiger partial charge in [0, 0.05) is 24.1 Å². The zero-order chi connectivity index (χ0) is 18.0. The zero-order valence-electron chi connectivity index (χ0n) is 15.3. The molecule has 136 valence electrons. The number of benzene rings is 1. The highest BCUT2D eigenvalue weighted by Crippen LogP contribution is 2.30. The first kappa shape index (κ1) is 17.6. The molecule has 2 aliphatic heterocycles. The highest BCUT2D eigenvalue weighted by atomic mass is 16.6. The molecule has 1 aromatic rings. The van der Waals surface area contributed by atoms with E-state index in [0.29, 0.717) is 23.6 Å². The van der Waals surface area contributed by atoms with E-state index in [0.717, 1.165) is 18.4 Å². The summed E-state index contributed by atoms with van der Waals surface area (Å²) < 4.78 is 10.7. The van der Waals surface area contributed by atoms with E-state index in [1.807, 2.05) is 23.1 Å². The number of carbonyl (C=O) groups is 1. The molecule has 6 nitrogen and oxygen atoms in total. The number of hydrogen-bond donors (Lipinski definition) is 0. The van der Waals surface area contributed by atoms with Crippen LogP contribution in [0.15, 0.2) is 23.4 Å². The van der Waals surface area contributed by atoms with Gasteiger partial charge < -0.3 is 19.2 Å². The summed E-state index contributed by atoms with van der Waals surface area (Å²) in [4.78, 5) is 20.4. The molecule has 6 heteroatoms. The first-order valence-electron chi connectivity index (χ1n) is 8.82. The van der Waals surface area contributed by atoms with Gasteiger partial charge in [0.15, 0.2) is 0 Å². The number of carbonyl (C=O) groups excluding carboxylic acids is 1. The van der Waals surface area contributed by atoms with Gasteiger partial charge in [0.1, 0.15) is 11.5 Å². The Morgan fingerprint density at radius 3 is 2.56 bits per heavy atom. The lowest BCUT2D eigenvalue weighted by Gasteiger charge is -2.39. The van der Waals surface area contributed by atoms with Crippen LogP contribution >= 0.6 is 0 Å². The number of rotatable bonds is 4. The number of nitrogens with zero attached hydrogens (tertiary/aromatic N) is 2. The largest absolute Gasteiger partial charge is 0.497 e. The third kappa shape index (κ3) is 3.43. The molecule has 1 aromatic carbocycles. The summed E-state index contributed by atoms with van der Waals surface area (Å²) in [5, 5.41) is 4.17. The van der Waals surface area contributed by atoms with Crippen molar-refractivity contribution in [3.63, 3.8) is 0 Å². The molecule has 3 rings (SSSR count). The smallest absolute Gasteiger partial charge is 0.267 e. The summed E-state index contributed by atoms with van der Waals surface area (Å²) in [6, 6.07) is 6.02. The number of amides is 1. The second kappa shape index (κ2) is 7.33. The van der Waals surface area contributed by atoms with Crippen molar-refractivity contribution in [2.45, 2.75) is 57.7 Å². The summed E-state index contributed by atoms with van der Waals surface area (Å²) in [6.45, 7) is 4.21. The van der Waals surface area contributed by atoms with E-state index in [4.69, 9.17) is 14.3 Å². The number of ether oxygens (including phenoxy) is 2. The van der Waals surface area contributed by atoms with E-state index in [-0.39, 0.29) is 18.0 Å².